The molecule has 0 saturated heterocycles. The summed E-state index contributed by atoms with van der Waals surface area (Å²) in [6, 6.07) is 6.79. The minimum absolute atomic E-state index is 0.379. The minimum Gasteiger partial charge on any atom is -0.484 e. The van der Waals surface area contributed by atoms with Gasteiger partial charge in [0.15, 0.2) is 6.61 Å². The predicted molar refractivity (Wildman–Crippen MR) is 66.4 cm³/mol. The molecular weight excluding hydrogens is 275 g/mol. The Balaban J connectivity index is 2.55. The van der Waals surface area contributed by atoms with E-state index in [9.17, 15) is 18.0 Å². The molecule has 0 aliphatic heterocycles. The summed E-state index contributed by atoms with van der Waals surface area (Å²) in [5.74, 6) is -0.420. The SMILES string of the molecule is Cc1ccc(OCC(=O)N(CCO)CC(F)(F)F)cc1. The van der Waals surface area contributed by atoms with Crippen LogP contribution in [0.3, 0.4) is 0 Å². The molecule has 1 amide bonds. The number of nitrogens with zero attached hydrogens (tertiary/aromatic N) is 1. The first-order valence-electron chi connectivity index (χ1n) is 5.96. The van der Waals surface area contributed by atoms with Gasteiger partial charge in [-0.3, -0.25) is 4.79 Å². The molecule has 1 rings (SSSR count). The Morgan fingerprint density at radius 2 is 1.90 bits per heavy atom. The Bertz CT molecular complexity index is 431. The van der Waals surface area contributed by atoms with Gasteiger partial charge in [0.25, 0.3) is 5.91 Å². The van der Waals surface area contributed by atoms with E-state index in [2.05, 4.69) is 0 Å². The van der Waals surface area contributed by atoms with Crippen molar-refractivity contribution in [3.8, 4) is 5.75 Å². The van der Waals surface area contributed by atoms with E-state index in [0.29, 0.717) is 10.6 Å². The van der Waals surface area contributed by atoms with Crippen LogP contribution in [0.2, 0.25) is 0 Å². The molecule has 20 heavy (non-hydrogen) atoms. The van der Waals surface area contributed by atoms with Crippen molar-refractivity contribution in [1.29, 1.82) is 0 Å². The van der Waals surface area contributed by atoms with Gasteiger partial charge in [0, 0.05) is 6.54 Å². The van der Waals surface area contributed by atoms with Gasteiger partial charge in [-0.2, -0.15) is 13.2 Å². The fourth-order valence-electron chi connectivity index (χ4n) is 1.50. The number of hydrogen-bond acceptors (Lipinski definition) is 3. The van der Waals surface area contributed by atoms with E-state index in [1.165, 1.54) is 0 Å². The number of carbonyl (C=O) groups excluding carboxylic acids is 1. The van der Waals surface area contributed by atoms with E-state index in [1.54, 1.807) is 24.3 Å². The van der Waals surface area contributed by atoms with Crippen LogP contribution in [0, 0.1) is 6.92 Å². The van der Waals surface area contributed by atoms with Crippen LogP contribution in [0.4, 0.5) is 13.2 Å². The Morgan fingerprint density at radius 1 is 1.30 bits per heavy atom. The van der Waals surface area contributed by atoms with Gasteiger partial charge < -0.3 is 14.7 Å². The number of hydrogen-bond donors (Lipinski definition) is 1. The van der Waals surface area contributed by atoms with Crippen molar-refractivity contribution in [3.63, 3.8) is 0 Å². The highest BCUT2D eigenvalue weighted by Crippen LogP contribution is 2.17. The van der Waals surface area contributed by atoms with E-state index in [-0.39, 0.29) is 6.54 Å². The number of rotatable bonds is 6. The lowest BCUT2D eigenvalue weighted by atomic mass is 10.2. The highest BCUT2D eigenvalue weighted by atomic mass is 19.4. The number of amides is 1. The second-order valence-corrected chi connectivity index (χ2v) is 4.26. The van der Waals surface area contributed by atoms with E-state index < -0.39 is 31.8 Å². The van der Waals surface area contributed by atoms with Gasteiger partial charge in [0.1, 0.15) is 12.3 Å². The van der Waals surface area contributed by atoms with Crippen molar-refractivity contribution in [3.05, 3.63) is 29.8 Å². The second kappa shape index (κ2) is 7.14. The molecule has 7 heteroatoms. The first kappa shape index (κ1) is 16.3. The van der Waals surface area contributed by atoms with E-state index in [0.717, 1.165) is 5.56 Å². The number of ether oxygens (including phenoxy) is 1. The summed E-state index contributed by atoms with van der Waals surface area (Å²) in [5, 5.41) is 8.70. The lowest BCUT2D eigenvalue weighted by Crippen LogP contribution is -2.42. The van der Waals surface area contributed by atoms with E-state index in [1.807, 2.05) is 6.92 Å². The van der Waals surface area contributed by atoms with Gasteiger partial charge in [-0.15, -0.1) is 0 Å². The molecule has 112 valence electrons. The predicted octanol–water partition coefficient (Wildman–Crippen LogP) is 1.76. The number of halogens is 3. The van der Waals surface area contributed by atoms with Gasteiger partial charge in [0.2, 0.25) is 0 Å². The Labute approximate surface area is 114 Å². The molecule has 1 aromatic carbocycles. The zero-order valence-corrected chi connectivity index (χ0v) is 11.0. The summed E-state index contributed by atoms with van der Waals surface area (Å²) in [4.78, 5) is 12.2. The van der Waals surface area contributed by atoms with Crippen LogP contribution >= 0.6 is 0 Å². The topological polar surface area (TPSA) is 49.8 Å². The van der Waals surface area contributed by atoms with Gasteiger partial charge in [-0.05, 0) is 19.1 Å². The minimum atomic E-state index is -4.51. The molecule has 0 unspecified atom stereocenters. The molecule has 0 bridgehead atoms. The molecule has 0 radical (unpaired) electrons. The molecule has 0 aromatic heterocycles. The van der Waals surface area contributed by atoms with Gasteiger partial charge >= 0.3 is 6.18 Å². The Hall–Kier alpha value is -1.76. The molecule has 0 aliphatic rings. The molecule has 4 nitrogen and oxygen atoms in total. The number of benzene rings is 1. The summed E-state index contributed by atoms with van der Waals surface area (Å²) >= 11 is 0. The monoisotopic (exact) mass is 291 g/mol. The van der Waals surface area contributed by atoms with Crippen LogP contribution in [-0.2, 0) is 4.79 Å². The van der Waals surface area contributed by atoms with Crippen LogP contribution < -0.4 is 4.74 Å². The second-order valence-electron chi connectivity index (χ2n) is 4.26. The van der Waals surface area contributed by atoms with Crippen LogP contribution in [0.5, 0.6) is 5.75 Å². The highest BCUT2D eigenvalue weighted by Gasteiger charge is 2.32. The average molecular weight is 291 g/mol. The maximum atomic E-state index is 12.3. The normalized spacial score (nSPS) is 11.2. The van der Waals surface area contributed by atoms with Crippen molar-refractivity contribution >= 4 is 5.91 Å². The van der Waals surface area contributed by atoms with Crippen LogP contribution in [0.15, 0.2) is 24.3 Å². The first-order valence-corrected chi connectivity index (χ1v) is 5.96. The largest absolute Gasteiger partial charge is 0.484 e. The number of aryl methyl sites for hydroxylation is 1. The lowest BCUT2D eigenvalue weighted by molar-refractivity contribution is -0.163. The average Bonchev–Trinajstić information content (AvgIpc) is 2.35. The summed E-state index contributed by atoms with van der Waals surface area (Å²) in [7, 11) is 0. The number of carbonyl (C=O) groups is 1. The van der Waals surface area contributed by atoms with Gasteiger partial charge in [-0.1, -0.05) is 17.7 Å². The Morgan fingerprint density at radius 3 is 2.40 bits per heavy atom. The molecule has 1 N–H and O–H groups in total. The Kier molecular flexibility index (Phi) is 5.82. The highest BCUT2D eigenvalue weighted by molar-refractivity contribution is 5.77. The standard InChI is InChI=1S/C13H16F3NO3/c1-10-2-4-11(5-3-10)20-8-12(19)17(6-7-18)9-13(14,15)16/h2-5,18H,6-9H2,1H3. The zero-order chi connectivity index (χ0) is 15.2. The fraction of sp³-hybridized carbons (Fsp3) is 0.462. The maximum Gasteiger partial charge on any atom is 0.406 e. The molecular formula is C13H16F3NO3. The fourth-order valence-corrected chi connectivity index (χ4v) is 1.50. The third-order valence-corrected chi connectivity index (χ3v) is 2.48. The zero-order valence-electron chi connectivity index (χ0n) is 11.0. The van der Waals surface area contributed by atoms with Crippen molar-refractivity contribution in [1.82, 2.24) is 4.90 Å². The lowest BCUT2D eigenvalue weighted by Gasteiger charge is -2.23. The third kappa shape index (κ3) is 5.92. The first-order chi connectivity index (χ1) is 9.31. The van der Waals surface area contributed by atoms with E-state index in [4.69, 9.17) is 9.84 Å². The van der Waals surface area contributed by atoms with Gasteiger partial charge in [-0.25, -0.2) is 0 Å². The molecule has 0 aliphatic carbocycles. The number of aliphatic hydroxyl groups is 1. The summed E-state index contributed by atoms with van der Waals surface area (Å²) in [6.07, 6.45) is -4.51. The van der Waals surface area contributed by atoms with E-state index >= 15 is 0 Å². The number of aliphatic hydroxyl groups excluding tert-OH is 1. The quantitative estimate of drug-likeness (QED) is 0.869. The molecule has 0 fully saturated rings. The molecule has 1 aromatic rings. The van der Waals surface area contributed by atoms with Crippen molar-refractivity contribution < 1.29 is 27.8 Å². The maximum absolute atomic E-state index is 12.3. The smallest absolute Gasteiger partial charge is 0.406 e. The summed E-state index contributed by atoms with van der Waals surface area (Å²) in [6.45, 7) is -0.939. The van der Waals surface area contributed by atoms with Crippen LogP contribution in [0.1, 0.15) is 5.56 Å². The molecule has 0 saturated carbocycles. The van der Waals surface area contributed by atoms with Crippen molar-refractivity contribution in [2.45, 2.75) is 13.1 Å². The molecule has 0 spiro atoms. The van der Waals surface area contributed by atoms with Gasteiger partial charge in [0.05, 0.1) is 6.61 Å². The molecule has 0 heterocycles. The third-order valence-electron chi connectivity index (χ3n) is 2.48. The van der Waals surface area contributed by atoms with Crippen molar-refractivity contribution in [2.75, 3.05) is 26.3 Å². The van der Waals surface area contributed by atoms with Crippen LogP contribution in [-0.4, -0.2) is 48.4 Å². The summed E-state index contributed by atoms with van der Waals surface area (Å²) in [5.41, 5.74) is 1.00. The van der Waals surface area contributed by atoms with Crippen LogP contribution in [0.25, 0.3) is 0 Å². The number of alkyl halides is 3. The summed E-state index contributed by atoms with van der Waals surface area (Å²) < 4.78 is 42.0. The van der Waals surface area contributed by atoms with Crippen molar-refractivity contribution in [2.24, 2.45) is 0 Å². The molecule has 0 atom stereocenters.